The number of aromatic amines is 1. The third kappa shape index (κ3) is 4.45. The summed E-state index contributed by atoms with van der Waals surface area (Å²) in [7, 11) is 1.30. The second-order valence-electron chi connectivity index (χ2n) is 8.31. The summed E-state index contributed by atoms with van der Waals surface area (Å²) in [6, 6.07) is 11.5. The average molecular weight is 447 g/mol. The van der Waals surface area contributed by atoms with Crippen LogP contribution in [0.4, 0.5) is 10.7 Å². The number of hydrogen-bond acceptors (Lipinski definition) is 6. The Morgan fingerprint density at radius 3 is 2.61 bits per heavy atom. The quantitative estimate of drug-likeness (QED) is 0.485. The fourth-order valence-electron chi connectivity index (χ4n) is 4.33. The molecule has 0 aliphatic carbocycles. The predicted octanol–water partition coefficient (Wildman–Crippen LogP) is 3.60. The lowest BCUT2D eigenvalue weighted by Gasteiger charge is -2.26. The van der Waals surface area contributed by atoms with Crippen LogP contribution >= 0.6 is 0 Å². The molecule has 1 fully saturated rings. The number of benzene rings is 2. The van der Waals surface area contributed by atoms with E-state index in [1.807, 2.05) is 36.4 Å². The van der Waals surface area contributed by atoms with E-state index < -0.39 is 6.09 Å². The molecule has 0 atom stereocenters. The zero-order chi connectivity index (χ0) is 22.8. The summed E-state index contributed by atoms with van der Waals surface area (Å²) in [6.45, 7) is 3.72. The lowest BCUT2D eigenvalue weighted by atomic mass is 10.0. The first-order valence-corrected chi connectivity index (χ1v) is 11.2. The Kier molecular flexibility index (Phi) is 5.78. The number of fused-ring (bicyclic) bond motifs is 2. The molecule has 2 N–H and O–H groups in total. The number of H-pyrrole nitrogens is 1. The van der Waals surface area contributed by atoms with Crippen LogP contribution in [0.1, 0.15) is 19.3 Å². The number of amides is 1. The van der Waals surface area contributed by atoms with Crippen molar-refractivity contribution in [1.29, 1.82) is 0 Å². The number of methoxy groups -OCH3 is 1. The molecule has 2 aromatic carbocycles. The highest BCUT2D eigenvalue weighted by Gasteiger charge is 2.12. The van der Waals surface area contributed by atoms with Crippen LogP contribution in [0.15, 0.2) is 47.5 Å². The van der Waals surface area contributed by atoms with E-state index in [0.717, 1.165) is 36.3 Å². The maximum Gasteiger partial charge on any atom is 0.413 e. The van der Waals surface area contributed by atoms with Crippen LogP contribution in [0.2, 0.25) is 0 Å². The normalized spacial score (nSPS) is 14.6. The molecule has 0 unspecified atom stereocenters. The molecule has 0 spiro atoms. The van der Waals surface area contributed by atoms with E-state index in [0.29, 0.717) is 28.9 Å². The van der Waals surface area contributed by atoms with Crippen molar-refractivity contribution < 1.29 is 9.53 Å². The number of aromatic nitrogens is 4. The van der Waals surface area contributed by atoms with Crippen LogP contribution in [-0.4, -0.2) is 57.3 Å². The monoisotopic (exact) mass is 446 g/mol. The van der Waals surface area contributed by atoms with Crippen LogP contribution in [0, 0.1) is 0 Å². The molecule has 9 nitrogen and oxygen atoms in total. The minimum absolute atomic E-state index is 0.0222. The van der Waals surface area contributed by atoms with Crippen molar-refractivity contribution in [3.8, 4) is 11.1 Å². The molecular formula is C24H26N6O3. The molecule has 3 heterocycles. The Balaban J connectivity index is 1.43. The van der Waals surface area contributed by atoms with Gasteiger partial charge in [0, 0.05) is 13.1 Å². The summed E-state index contributed by atoms with van der Waals surface area (Å²) in [5, 5.41) is 3.13. The predicted molar refractivity (Wildman–Crippen MR) is 127 cm³/mol. The summed E-state index contributed by atoms with van der Waals surface area (Å²) >= 11 is 0. The van der Waals surface area contributed by atoms with Crippen molar-refractivity contribution in [2.45, 2.75) is 25.8 Å². The first-order valence-electron chi connectivity index (χ1n) is 11.2. The third-order valence-electron chi connectivity index (χ3n) is 6.15. The van der Waals surface area contributed by atoms with E-state index in [1.165, 1.54) is 26.4 Å². The summed E-state index contributed by atoms with van der Waals surface area (Å²) in [4.78, 5) is 38.9. The van der Waals surface area contributed by atoms with Crippen LogP contribution in [0.25, 0.3) is 33.1 Å². The van der Waals surface area contributed by atoms with Gasteiger partial charge in [0.25, 0.3) is 5.56 Å². The lowest BCUT2D eigenvalue weighted by Crippen LogP contribution is -2.34. The number of rotatable bonds is 5. The average Bonchev–Trinajstić information content (AvgIpc) is 3.25. The van der Waals surface area contributed by atoms with E-state index in [1.54, 1.807) is 10.9 Å². The Labute approximate surface area is 190 Å². The van der Waals surface area contributed by atoms with E-state index >= 15 is 0 Å². The van der Waals surface area contributed by atoms with Gasteiger partial charge in [-0.25, -0.2) is 14.8 Å². The Hall–Kier alpha value is -3.72. The van der Waals surface area contributed by atoms with Gasteiger partial charge in [-0.2, -0.15) is 0 Å². The van der Waals surface area contributed by atoms with Crippen LogP contribution < -0.4 is 10.9 Å². The minimum atomic E-state index is -0.590. The number of ether oxygens (including phenoxy) is 1. The van der Waals surface area contributed by atoms with E-state index in [-0.39, 0.29) is 5.56 Å². The number of imidazole rings is 1. The van der Waals surface area contributed by atoms with Gasteiger partial charge in [0.2, 0.25) is 5.95 Å². The second-order valence-corrected chi connectivity index (χ2v) is 8.31. The van der Waals surface area contributed by atoms with Crippen molar-refractivity contribution in [2.75, 3.05) is 32.1 Å². The molecule has 2 aromatic heterocycles. The number of piperidine rings is 1. The zero-order valence-electron chi connectivity index (χ0n) is 18.5. The smallest absolute Gasteiger partial charge is 0.413 e. The highest BCUT2D eigenvalue weighted by Crippen LogP contribution is 2.26. The van der Waals surface area contributed by atoms with Gasteiger partial charge in [-0.05, 0) is 61.3 Å². The van der Waals surface area contributed by atoms with Crippen LogP contribution in [-0.2, 0) is 11.3 Å². The molecular weight excluding hydrogens is 420 g/mol. The van der Waals surface area contributed by atoms with Gasteiger partial charge in [0.1, 0.15) is 0 Å². The highest BCUT2D eigenvalue weighted by molar-refractivity contribution is 5.89. The van der Waals surface area contributed by atoms with Gasteiger partial charge in [-0.3, -0.25) is 14.7 Å². The van der Waals surface area contributed by atoms with Crippen molar-refractivity contribution in [2.24, 2.45) is 0 Å². The van der Waals surface area contributed by atoms with E-state index in [4.69, 9.17) is 0 Å². The number of carbonyl (C=O) groups excluding carboxylic acids is 1. The van der Waals surface area contributed by atoms with Gasteiger partial charge in [0.15, 0.2) is 0 Å². The summed E-state index contributed by atoms with van der Waals surface area (Å²) in [5.74, 6) is 0.313. The van der Waals surface area contributed by atoms with Gasteiger partial charge < -0.3 is 14.6 Å². The Morgan fingerprint density at radius 2 is 1.82 bits per heavy atom. The molecule has 0 bridgehead atoms. The van der Waals surface area contributed by atoms with Crippen molar-refractivity contribution in [3.63, 3.8) is 0 Å². The molecule has 1 aliphatic heterocycles. The van der Waals surface area contributed by atoms with Crippen LogP contribution in [0.5, 0.6) is 0 Å². The largest absolute Gasteiger partial charge is 0.453 e. The van der Waals surface area contributed by atoms with Gasteiger partial charge in [-0.1, -0.05) is 18.6 Å². The summed E-state index contributed by atoms with van der Waals surface area (Å²) in [5.41, 5.74) is 3.99. The van der Waals surface area contributed by atoms with Gasteiger partial charge in [0.05, 0.1) is 35.4 Å². The third-order valence-corrected chi connectivity index (χ3v) is 6.15. The maximum atomic E-state index is 13.2. The molecule has 0 saturated carbocycles. The first-order chi connectivity index (χ1) is 16.1. The number of anilines is 1. The topological polar surface area (TPSA) is 105 Å². The van der Waals surface area contributed by atoms with Gasteiger partial charge in [-0.15, -0.1) is 0 Å². The van der Waals surface area contributed by atoms with E-state index in [9.17, 15) is 9.59 Å². The number of carbonyl (C=O) groups is 1. The Bertz CT molecular complexity index is 1370. The van der Waals surface area contributed by atoms with E-state index in [2.05, 4.69) is 29.9 Å². The number of hydrogen-bond donors (Lipinski definition) is 2. The number of likely N-dealkylation sites (tertiary alicyclic amines) is 1. The molecule has 170 valence electrons. The fourth-order valence-corrected chi connectivity index (χ4v) is 4.33. The maximum absolute atomic E-state index is 13.2. The molecule has 33 heavy (non-hydrogen) atoms. The zero-order valence-corrected chi connectivity index (χ0v) is 18.5. The second kappa shape index (κ2) is 9.03. The summed E-state index contributed by atoms with van der Waals surface area (Å²) < 4.78 is 6.32. The molecule has 1 saturated heterocycles. The highest BCUT2D eigenvalue weighted by atomic mass is 16.5. The van der Waals surface area contributed by atoms with Crippen LogP contribution in [0.3, 0.4) is 0 Å². The molecule has 4 aromatic rings. The fraction of sp³-hybridized carbons (Fsp3) is 0.333. The SMILES string of the molecule is COC(=O)Nc1nc2ccc(-c3ccc4ncn(CCN5CCCCC5)c(=O)c4c3)cc2[nH]1. The summed E-state index contributed by atoms with van der Waals surface area (Å²) in [6.07, 6.45) is 4.82. The van der Waals surface area contributed by atoms with Crippen molar-refractivity contribution in [1.82, 2.24) is 24.4 Å². The molecule has 5 rings (SSSR count). The number of nitrogens with zero attached hydrogens (tertiary/aromatic N) is 4. The Morgan fingerprint density at radius 1 is 1.06 bits per heavy atom. The molecule has 0 radical (unpaired) electrons. The van der Waals surface area contributed by atoms with Gasteiger partial charge >= 0.3 is 6.09 Å². The van der Waals surface area contributed by atoms with Crippen molar-refractivity contribution in [3.05, 3.63) is 53.1 Å². The lowest BCUT2D eigenvalue weighted by molar-refractivity contribution is 0.186. The standard InChI is InChI=1S/C24H26N6O3/c1-33-24(32)28-23-26-20-8-6-17(14-21(20)27-23)16-5-7-19-18(13-16)22(31)30(15-25-19)12-11-29-9-3-2-4-10-29/h5-8,13-15H,2-4,9-12H2,1H3,(H2,26,27,28,32). The molecule has 9 heteroatoms. The minimum Gasteiger partial charge on any atom is -0.453 e. The van der Waals surface area contributed by atoms with Crippen molar-refractivity contribution >= 4 is 34.0 Å². The number of nitrogens with one attached hydrogen (secondary N) is 2. The first kappa shape index (κ1) is 21.1. The molecule has 1 aliphatic rings. The molecule has 1 amide bonds.